The van der Waals surface area contributed by atoms with Crippen LogP contribution in [-0.2, 0) is 15.3 Å². The monoisotopic (exact) mass is 302 g/mol. The zero-order chi connectivity index (χ0) is 13.9. The van der Waals surface area contributed by atoms with Gasteiger partial charge >= 0.3 is 5.97 Å². The van der Waals surface area contributed by atoms with Gasteiger partial charge in [-0.2, -0.15) is 0 Å². The Bertz CT molecular complexity index is 671. The van der Waals surface area contributed by atoms with Crippen molar-refractivity contribution in [2.24, 2.45) is 0 Å². The summed E-state index contributed by atoms with van der Waals surface area (Å²) >= 11 is 3.49. The van der Waals surface area contributed by atoms with Crippen molar-refractivity contribution in [1.82, 2.24) is 0 Å². The zero-order valence-electron chi connectivity index (χ0n) is 11.1. The maximum absolute atomic E-state index is 11.9. The van der Waals surface area contributed by atoms with Crippen molar-refractivity contribution >= 4 is 34.6 Å². The maximum atomic E-state index is 11.9. The molecule has 0 fully saturated rings. The van der Waals surface area contributed by atoms with Crippen LogP contribution in [0.2, 0.25) is 0 Å². The molecular formula is C16H14O2S2. The van der Waals surface area contributed by atoms with Crippen LogP contribution in [0.5, 0.6) is 0 Å². The van der Waals surface area contributed by atoms with Gasteiger partial charge in [-0.1, -0.05) is 24.3 Å². The quantitative estimate of drug-likeness (QED) is 0.609. The molecule has 2 nitrogen and oxygen atoms in total. The highest BCUT2D eigenvalue weighted by molar-refractivity contribution is 7.98. The Morgan fingerprint density at radius 1 is 1.35 bits per heavy atom. The third kappa shape index (κ3) is 2.53. The minimum Gasteiger partial charge on any atom is -0.463 e. The lowest BCUT2D eigenvalue weighted by Gasteiger charge is -2.08. The van der Waals surface area contributed by atoms with Crippen molar-refractivity contribution in [3.8, 4) is 0 Å². The molecule has 0 radical (unpaired) electrons. The molecule has 1 aliphatic rings. The van der Waals surface area contributed by atoms with Gasteiger partial charge in [0.25, 0.3) is 0 Å². The summed E-state index contributed by atoms with van der Waals surface area (Å²) < 4.78 is 5.07. The molecule has 0 amide bonds. The molecule has 1 aliphatic heterocycles. The summed E-state index contributed by atoms with van der Waals surface area (Å²) in [7, 11) is 0. The van der Waals surface area contributed by atoms with E-state index in [0.29, 0.717) is 6.61 Å². The first-order chi connectivity index (χ1) is 9.79. The Morgan fingerprint density at radius 3 is 3.05 bits per heavy atom. The highest BCUT2D eigenvalue weighted by atomic mass is 32.2. The predicted molar refractivity (Wildman–Crippen MR) is 84.0 cm³/mol. The third-order valence-corrected chi connectivity index (χ3v) is 5.30. The minimum absolute atomic E-state index is 0.274. The second-order valence-corrected chi connectivity index (χ2v) is 6.30. The van der Waals surface area contributed by atoms with E-state index in [1.54, 1.807) is 17.4 Å². The average molecular weight is 302 g/mol. The third-order valence-electron chi connectivity index (χ3n) is 3.11. The van der Waals surface area contributed by atoms with E-state index in [-0.39, 0.29) is 5.97 Å². The summed E-state index contributed by atoms with van der Waals surface area (Å²) in [6.45, 7) is 2.22. The highest BCUT2D eigenvalue weighted by Crippen LogP contribution is 2.42. The maximum Gasteiger partial charge on any atom is 0.331 e. The van der Waals surface area contributed by atoms with E-state index in [9.17, 15) is 4.79 Å². The van der Waals surface area contributed by atoms with Crippen LogP contribution < -0.4 is 0 Å². The first kappa shape index (κ1) is 13.5. The molecule has 3 rings (SSSR count). The van der Waals surface area contributed by atoms with Gasteiger partial charge in [-0.25, -0.2) is 4.79 Å². The van der Waals surface area contributed by atoms with Crippen molar-refractivity contribution in [2.75, 3.05) is 6.61 Å². The van der Waals surface area contributed by atoms with Crippen molar-refractivity contribution in [2.45, 2.75) is 17.6 Å². The number of ether oxygens (including phenoxy) is 1. The van der Waals surface area contributed by atoms with Crippen LogP contribution in [0.1, 0.15) is 22.9 Å². The van der Waals surface area contributed by atoms with E-state index in [1.807, 2.05) is 30.8 Å². The standard InChI is InChI=1S/C16H14O2S2/c1-2-18-15(17)9-13-12-6-4-3-5-11(12)10-20-14-7-8-19-16(13)14/h3-9H,2,10H2,1H3/b13-9-. The Morgan fingerprint density at radius 2 is 2.20 bits per heavy atom. The SMILES string of the molecule is CCOC(=O)/C=C1/c2ccccc2CSc2ccsc21. The van der Waals surface area contributed by atoms with Gasteiger partial charge < -0.3 is 4.74 Å². The molecule has 0 atom stereocenters. The Labute approximate surface area is 126 Å². The van der Waals surface area contributed by atoms with E-state index in [4.69, 9.17) is 4.74 Å². The number of hydrogen-bond donors (Lipinski definition) is 0. The van der Waals surface area contributed by atoms with Crippen LogP contribution in [0.4, 0.5) is 0 Å². The van der Waals surface area contributed by atoms with E-state index in [2.05, 4.69) is 23.6 Å². The van der Waals surface area contributed by atoms with E-state index in [0.717, 1.165) is 21.8 Å². The molecular weight excluding hydrogens is 288 g/mol. The van der Waals surface area contributed by atoms with Crippen molar-refractivity contribution in [3.05, 3.63) is 57.8 Å². The molecule has 0 saturated carbocycles. The van der Waals surface area contributed by atoms with Crippen LogP contribution in [0, 0.1) is 0 Å². The van der Waals surface area contributed by atoms with Crippen molar-refractivity contribution < 1.29 is 9.53 Å². The molecule has 0 bridgehead atoms. The number of thioether (sulfide) groups is 1. The summed E-state index contributed by atoms with van der Waals surface area (Å²) in [5, 5.41) is 2.07. The number of carbonyl (C=O) groups excluding carboxylic acids is 1. The van der Waals surface area contributed by atoms with Gasteiger partial charge in [-0.15, -0.1) is 23.1 Å². The Balaban J connectivity index is 2.15. The van der Waals surface area contributed by atoms with Crippen LogP contribution in [0.25, 0.3) is 5.57 Å². The first-order valence-corrected chi connectivity index (χ1v) is 8.33. The fourth-order valence-electron chi connectivity index (χ4n) is 2.24. The summed E-state index contributed by atoms with van der Waals surface area (Å²) in [5.74, 6) is 0.656. The van der Waals surface area contributed by atoms with Gasteiger partial charge in [0, 0.05) is 27.2 Å². The van der Waals surface area contributed by atoms with Crippen LogP contribution in [-0.4, -0.2) is 12.6 Å². The van der Waals surface area contributed by atoms with Gasteiger partial charge in [0.05, 0.1) is 6.61 Å². The molecule has 0 aliphatic carbocycles. The number of carbonyl (C=O) groups is 1. The topological polar surface area (TPSA) is 26.3 Å². The van der Waals surface area contributed by atoms with Gasteiger partial charge in [0.2, 0.25) is 0 Å². The molecule has 0 unspecified atom stereocenters. The van der Waals surface area contributed by atoms with Crippen LogP contribution in [0.3, 0.4) is 0 Å². The van der Waals surface area contributed by atoms with Gasteiger partial charge in [-0.3, -0.25) is 0 Å². The molecule has 0 saturated heterocycles. The fraction of sp³-hybridized carbons (Fsp3) is 0.188. The van der Waals surface area contributed by atoms with Crippen molar-refractivity contribution in [1.29, 1.82) is 0 Å². The highest BCUT2D eigenvalue weighted by Gasteiger charge is 2.20. The zero-order valence-corrected chi connectivity index (χ0v) is 12.7. The molecule has 1 aromatic carbocycles. The lowest BCUT2D eigenvalue weighted by atomic mass is 9.99. The normalized spacial score (nSPS) is 15.3. The second-order valence-electron chi connectivity index (χ2n) is 4.37. The molecule has 1 aromatic heterocycles. The van der Waals surface area contributed by atoms with Crippen molar-refractivity contribution in [3.63, 3.8) is 0 Å². The summed E-state index contributed by atoms with van der Waals surface area (Å²) in [6.07, 6.45) is 1.63. The molecule has 102 valence electrons. The fourth-order valence-corrected chi connectivity index (χ4v) is 4.43. The second kappa shape index (κ2) is 5.85. The van der Waals surface area contributed by atoms with Crippen LogP contribution in [0.15, 0.2) is 46.7 Å². The number of esters is 1. The van der Waals surface area contributed by atoms with E-state index < -0.39 is 0 Å². The number of hydrogen-bond acceptors (Lipinski definition) is 4. The molecule has 0 N–H and O–H groups in total. The summed E-state index contributed by atoms with van der Waals surface area (Å²) in [5.41, 5.74) is 3.37. The van der Waals surface area contributed by atoms with E-state index in [1.165, 1.54) is 10.5 Å². The largest absolute Gasteiger partial charge is 0.463 e. The summed E-state index contributed by atoms with van der Waals surface area (Å²) in [4.78, 5) is 14.3. The lowest BCUT2D eigenvalue weighted by molar-refractivity contribution is -0.137. The molecule has 0 spiro atoms. The molecule has 2 heterocycles. The minimum atomic E-state index is -0.274. The Kier molecular flexibility index (Phi) is 3.94. The number of benzene rings is 1. The predicted octanol–water partition coefficient (Wildman–Crippen LogP) is 4.35. The molecule has 20 heavy (non-hydrogen) atoms. The van der Waals surface area contributed by atoms with Crippen LogP contribution >= 0.6 is 23.1 Å². The van der Waals surface area contributed by atoms with Gasteiger partial charge in [-0.05, 0) is 29.5 Å². The smallest absolute Gasteiger partial charge is 0.331 e. The van der Waals surface area contributed by atoms with E-state index >= 15 is 0 Å². The van der Waals surface area contributed by atoms with Gasteiger partial charge in [0.1, 0.15) is 0 Å². The average Bonchev–Trinajstić information content (AvgIpc) is 2.86. The number of rotatable bonds is 2. The summed E-state index contributed by atoms with van der Waals surface area (Å²) in [6, 6.07) is 10.4. The van der Waals surface area contributed by atoms with Gasteiger partial charge in [0.15, 0.2) is 0 Å². The molecule has 4 heteroatoms. The molecule has 2 aromatic rings. The lowest BCUT2D eigenvalue weighted by Crippen LogP contribution is -2.02. The first-order valence-electron chi connectivity index (χ1n) is 6.47. The Hall–Kier alpha value is -1.52. The number of fused-ring (bicyclic) bond motifs is 2. The number of thiophene rings is 1.